The van der Waals surface area contributed by atoms with Crippen LogP contribution in [0.4, 0.5) is 0 Å². The van der Waals surface area contributed by atoms with Crippen LogP contribution in [0, 0.1) is 5.92 Å². The van der Waals surface area contributed by atoms with E-state index in [1.54, 1.807) is 0 Å². The van der Waals surface area contributed by atoms with E-state index in [2.05, 4.69) is 5.32 Å². The lowest BCUT2D eigenvalue weighted by atomic mass is 10.0. The van der Waals surface area contributed by atoms with Crippen LogP contribution in [0.1, 0.15) is 20.8 Å². The summed E-state index contributed by atoms with van der Waals surface area (Å²) in [5.74, 6) is 2.04. The van der Waals surface area contributed by atoms with Crippen LogP contribution >= 0.6 is 11.8 Å². The van der Waals surface area contributed by atoms with E-state index in [1.165, 1.54) is 6.92 Å². The second-order valence-corrected chi connectivity index (χ2v) is 5.58. The molecule has 1 saturated heterocycles. The molecule has 16 heavy (non-hydrogen) atoms. The lowest BCUT2D eigenvalue weighted by molar-refractivity contribution is -0.137. The highest BCUT2D eigenvalue weighted by Gasteiger charge is 2.28. The Balaban J connectivity index is 2.61. The first kappa shape index (κ1) is 13.4. The molecular formula is C11H20N2O2S. The summed E-state index contributed by atoms with van der Waals surface area (Å²) in [6.07, 6.45) is 0. The van der Waals surface area contributed by atoms with Gasteiger partial charge in [0.25, 0.3) is 0 Å². The molecule has 0 aromatic rings. The van der Waals surface area contributed by atoms with Crippen molar-refractivity contribution in [3.05, 3.63) is 0 Å². The fraction of sp³-hybridized carbons (Fsp3) is 0.818. The van der Waals surface area contributed by atoms with Gasteiger partial charge >= 0.3 is 0 Å². The van der Waals surface area contributed by atoms with Gasteiger partial charge in [0, 0.05) is 31.5 Å². The fourth-order valence-electron chi connectivity index (χ4n) is 1.71. The highest BCUT2D eigenvalue weighted by Crippen LogP contribution is 2.13. The van der Waals surface area contributed by atoms with E-state index in [0.29, 0.717) is 0 Å². The van der Waals surface area contributed by atoms with Gasteiger partial charge in [-0.15, -0.1) is 0 Å². The third-order valence-corrected chi connectivity index (χ3v) is 3.56. The number of nitrogens with one attached hydrogen (secondary N) is 1. The second-order valence-electron chi connectivity index (χ2n) is 4.36. The predicted octanol–water partition coefficient (Wildman–Crippen LogP) is 0.722. The van der Waals surface area contributed by atoms with E-state index >= 15 is 0 Å². The summed E-state index contributed by atoms with van der Waals surface area (Å²) in [5.41, 5.74) is 0. The maximum absolute atomic E-state index is 12.2. The van der Waals surface area contributed by atoms with Crippen LogP contribution < -0.4 is 5.32 Å². The van der Waals surface area contributed by atoms with Gasteiger partial charge in [0.05, 0.1) is 0 Å². The number of carbonyl (C=O) groups excluding carboxylic acids is 2. The van der Waals surface area contributed by atoms with Crippen LogP contribution in [0.2, 0.25) is 0 Å². The van der Waals surface area contributed by atoms with Crippen molar-refractivity contribution < 1.29 is 9.59 Å². The molecule has 1 N–H and O–H groups in total. The van der Waals surface area contributed by atoms with Gasteiger partial charge in [-0.05, 0) is 5.92 Å². The van der Waals surface area contributed by atoms with Gasteiger partial charge in [-0.3, -0.25) is 9.59 Å². The van der Waals surface area contributed by atoms with Crippen LogP contribution in [0.25, 0.3) is 0 Å². The highest BCUT2D eigenvalue weighted by atomic mass is 32.2. The Hall–Kier alpha value is -0.710. The Morgan fingerprint density at radius 2 is 1.81 bits per heavy atom. The van der Waals surface area contributed by atoms with Crippen molar-refractivity contribution in [1.29, 1.82) is 0 Å². The Labute approximate surface area is 101 Å². The molecular weight excluding hydrogens is 224 g/mol. The van der Waals surface area contributed by atoms with Crippen LogP contribution in [-0.4, -0.2) is 47.4 Å². The maximum Gasteiger partial charge on any atom is 0.245 e. The quantitative estimate of drug-likeness (QED) is 0.796. The Morgan fingerprint density at radius 3 is 2.25 bits per heavy atom. The third kappa shape index (κ3) is 3.70. The van der Waals surface area contributed by atoms with Gasteiger partial charge in [0.15, 0.2) is 0 Å². The molecule has 0 saturated carbocycles. The molecule has 5 heteroatoms. The summed E-state index contributed by atoms with van der Waals surface area (Å²) in [6.45, 7) is 6.96. The average molecular weight is 244 g/mol. The van der Waals surface area contributed by atoms with Gasteiger partial charge in [-0.2, -0.15) is 11.8 Å². The highest BCUT2D eigenvalue weighted by molar-refractivity contribution is 7.99. The van der Waals surface area contributed by atoms with Crippen molar-refractivity contribution in [1.82, 2.24) is 10.2 Å². The number of amides is 2. The molecule has 1 fully saturated rings. The Bertz CT molecular complexity index is 263. The standard InChI is InChI=1S/C11H20N2O2S/c1-8(2)10(12-9(3)14)11(15)13-4-6-16-7-5-13/h8,10H,4-7H2,1-3H3,(H,12,14)/t10-/m1/s1. The van der Waals surface area contributed by atoms with Crippen molar-refractivity contribution in [3.8, 4) is 0 Å². The fourth-order valence-corrected chi connectivity index (χ4v) is 2.62. The first-order valence-electron chi connectivity index (χ1n) is 5.66. The Kier molecular flexibility index (Phi) is 5.12. The van der Waals surface area contributed by atoms with E-state index in [1.807, 2.05) is 30.5 Å². The van der Waals surface area contributed by atoms with E-state index < -0.39 is 0 Å². The normalized spacial score (nSPS) is 18.4. The molecule has 4 nitrogen and oxygen atoms in total. The van der Waals surface area contributed by atoms with Gasteiger partial charge < -0.3 is 10.2 Å². The van der Waals surface area contributed by atoms with Crippen molar-refractivity contribution in [3.63, 3.8) is 0 Å². The summed E-state index contributed by atoms with van der Waals surface area (Å²) < 4.78 is 0. The third-order valence-electron chi connectivity index (χ3n) is 2.61. The van der Waals surface area contributed by atoms with Gasteiger partial charge in [-0.1, -0.05) is 13.8 Å². The number of nitrogens with zero attached hydrogens (tertiary/aromatic N) is 1. The summed E-state index contributed by atoms with van der Waals surface area (Å²) in [7, 11) is 0. The molecule has 0 aromatic carbocycles. The molecule has 1 aliphatic rings. The minimum Gasteiger partial charge on any atom is -0.344 e. The van der Waals surface area contributed by atoms with Crippen molar-refractivity contribution in [2.24, 2.45) is 5.92 Å². The largest absolute Gasteiger partial charge is 0.344 e. The number of rotatable bonds is 3. The maximum atomic E-state index is 12.2. The molecule has 1 atom stereocenters. The number of hydrogen-bond donors (Lipinski definition) is 1. The summed E-state index contributed by atoms with van der Waals surface area (Å²) in [6, 6.07) is -0.374. The van der Waals surface area contributed by atoms with Crippen LogP contribution in [0.15, 0.2) is 0 Å². The van der Waals surface area contributed by atoms with Gasteiger partial charge in [0.2, 0.25) is 11.8 Å². The first-order chi connectivity index (χ1) is 7.52. The SMILES string of the molecule is CC(=O)N[C@@H](C(=O)N1CCSCC1)C(C)C. The lowest BCUT2D eigenvalue weighted by Gasteiger charge is -2.31. The Morgan fingerprint density at radius 1 is 1.25 bits per heavy atom. The van der Waals surface area contributed by atoms with E-state index in [-0.39, 0.29) is 23.8 Å². The van der Waals surface area contributed by atoms with Crippen LogP contribution in [-0.2, 0) is 9.59 Å². The molecule has 0 aromatic heterocycles. The zero-order valence-corrected chi connectivity index (χ0v) is 11.0. The van der Waals surface area contributed by atoms with Crippen LogP contribution in [0.5, 0.6) is 0 Å². The molecule has 0 radical (unpaired) electrons. The topological polar surface area (TPSA) is 49.4 Å². The predicted molar refractivity (Wildman–Crippen MR) is 66.3 cm³/mol. The molecule has 0 aliphatic carbocycles. The van der Waals surface area contributed by atoms with Crippen molar-refractivity contribution in [2.75, 3.05) is 24.6 Å². The zero-order valence-electron chi connectivity index (χ0n) is 10.2. The molecule has 2 amide bonds. The van der Waals surface area contributed by atoms with Gasteiger partial charge in [-0.25, -0.2) is 0 Å². The summed E-state index contributed by atoms with van der Waals surface area (Å²) >= 11 is 1.87. The molecule has 0 bridgehead atoms. The molecule has 92 valence electrons. The lowest BCUT2D eigenvalue weighted by Crippen LogP contribution is -2.52. The second kappa shape index (κ2) is 6.13. The van der Waals surface area contributed by atoms with E-state index in [4.69, 9.17) is 0 Å². The van der Waals surface area contributed by atoms with E-state index in [9.17, 15) is 9.59 Å². The molecule has 0 spiro atoms. The van der Waals surface area contributed by atoms with Crippen molar-refractivity contribution in [2.45, 2.75) is 26.8 Å². The average Bonchev–Trinajstić information content (AvgIpc) is 2.25. The van der Waals surface area contributed by atoms with Crippen LogP contribution in [0.3, 0.4) is 0 Å². The molecule has 1 aliphatic heterocycles. The van der Waals surface area contributed by atoms with E-state index in [0.717, 1.165) is 24.6 Å². The number of carbonyl (C=O) groups is 2. The monoisotopic (exact) mass is 244 g/mol. The molecule has 1 rings (SSSR count). The minimum absolute atomic E-state index is 0.0606. The van der Waals surface area contributed by atoms with Crippen molar-refractivity contribution >= 4 is 23.6 Å². The zero-order chi connectivity index (χ0) is 12.1. The summed E-state index contributed by atoms with van der Waals surface area (Å²) in [4.78, 5) is 25.1. The minimum atomic E-state index is -0.374. The number of thioether (sulfide) groups is 1. The summed E-state index contributed by atoms with van der Waals surface area (Å²) in [5, 5.41) is 2.74. The molecule has 0 unspecified atom stereocenters. The van der Waals surface area contributed by atoms with Gasteiger partial charge in [0.1, 0.15) is 6.04 Å². The number of hydrogen-bond acceptors (Lipinski definition) is 3. The molecule has 1 heterocycles. The smallest absolute Gasteiger partial charge is 0.245 e. The first-order valence-corrected chi connectivity index (χ1v) is 6.81.